The molecule has 3 aromatic carbocycles. The predicted molar refractivity (Wildman–Crippen MR) is 112 cm³/mol. The summed E-state index contributed by atoms with van der Waals surface area (Å²) in [4.78, 5) is 4.66. The molecule has 0 atom stereocenters. The van der Waals surface area contributed by atoms with Crippen LogP contribution in [0.4, 0.5) is 0 Å². The Morgan fingerprint density at radius 1 is 0.857 bits per heavy atom. The first-order valence-corrected chi connectivity index (χ1v) is 10.5. The van der Waals surface area contributed by atoms with Gasteiger partial charge in [0.1, 0.15) is 5.75 Å². The molecule has 1 aromatic heterocycles. The smallest absolute Gasteiger partial charge is 0.313 e. The number of rotatable bonds is 5. The van der Waals surface area contributed by atoms with Gasteiger partial charge < -0.3 is 4.18 Å². The summed E-state index contributed by atoms with van der Waals surface area (Å²) < 4.78 is 30.9. The second-order valence-electron chi connectivity index (χ2n) is 6.66. The van der Waals surface area contributed by atoms with E-state index in [0.29, 0.717) is 22.2 Å². The number of benzene rings is 3. The minimum absolute atomic E-state index is 0.190. The zero-order valence-corrected chi connectivity index (χ0v) is 16.2. The molecule has 0 N–H and O–H groups in total. The Hall–Kier alpha value is -3.18. The first kappa shape index (κ1) is 18.2. The van der Waals surface area contributed by atoms with Gasteiger partial charge in [-0.1, -0.05) is 72.3 Å². The van der Waals surface area contributed by atoms with Gasteiger partial charge in [-0.05, 0) is 24.6 Å². The van der Waals surface area contributed by atoms with Crippen LogP contribution >= 0.6 is 0 Å². The zero-order chi connectivity index (χ0) is 19.6. The summed E-state index contributed by atoms with van der Waals surface area (Å²) in [5.74, 6) is 0.0986. The van der Waals surface area contributed by atoms with E-state index in [2.05, 4.69) is 4.98 Å². The van der Waals surface area contributed by atoms with Gasteiger partial charge in [-0.3, -0.25) is 0 Å². The van der Waals surface area contributed by atoms with Crippen molar-refractivity contribution in [2.45, 2.75) is 12.7 Å². The number of para-hydroxylation sites is 1. The Morgan fingerprint density at radius 2 is 1.54 bits per heavy atom. The van der Waals surface area contributed by atoms with Crippen molar-refractivity contribution in [2.24, 2.45) is 0 Å². The highest BCUT2D eigenvalue weighted by Crippen LogP contribution is 2.31. The van der Waals surface area contributed by atoms with Crippen LogP contribution in [-0.4, -0.2) is 13.4 Å². The van der Waals surface area contributed by atoms with E-state index in [1.165, 1.54) is 0 Å². The maximum absolute atomic E-state index is 12.7. The summed E-state index contributed by atoms with van der Waals surface area (Å²) in [5.41, 5.74) is 4.01. The molecule has 0 radical (unpaired) electrons. The summed E-state index contributed by atoms with van der Waals surface area (Å²) in [7, 11) is -3.82. The molecule has 4 nitrogen and oxygen atoms in total. The van der Waals surface area contributed by atoms with Gasteiger partial charge in [-0.25, -0.2) is 4.98 Å². The topological polar surface area (TPSA) is 56.3 Å². The first-order valence-electron chi connectivity index (χ1n) is 8.93. The van der Waals surface area contributed by atoms with Crippen LogP contribution in [0.25, 0.3) is 22.2 Å². The molecule has 0 amide bonds. The summed E-state index contributed by atoms with van der Waals surface area (Å²) in [6.07, 6.45) is 0. The molecule has 0 saturated heterocycles. The van der Waals surface area contributed by atoms with Gasteiger partial charge in [0.15, 0.2) is 5.75 Å². The molecule has 28 heavy (non-hydrogen) atoms. The van der Waals surface area contributed by atoms with Crippen LogP contribution in [0.1, 0.15) is 11.1 Å². The number of nitrogens with zero attached hydrogens (tertiary/aromatic N) is 1. The molecule has 0 aliphatic carbocycles. The molecule has 5 heteroatoms. The van der Waals surface area contributed by atoms with Crippen LogP contribution in [0.5, 0.6) is 5.75 Å². The second-order valence-corrected chi connectivity index (χ2v) is 8.23. The van der Waals surface area contributed by atoms with E-state index in [4.69, 9.17) is 4.18 Å². The molecular formula is C23H19NO3S. The van der Waals surface area contributed by atoms with Crippen LogP contribution in [0.2, 0.25) is 0 Å². The third kappa shape index (κ3) is 4.05. The fourth-order valence-electron chi connectivity index (χ4n) is 3.02. The van der Waals surface area contributed by atoms with Crippen LogP contribution in [0.15, 0.2) is 84.9 Å². The number of fused-ring (bicyclic) bond motifs is 1. The summed E-state index contributed by atoms with van der Waals surface area (Å²) in [6, 6.07) is 26.1. The molecule has 1 heterocycles. The number of pyridine rings is 1. The van der Waals surface area contributed by atoms with E-state index < -0.39 is 10.1 Å². The Balaban J connectivity index is 1.73. The fraction of sp³-hybridized carbons (Fsp3) is 0.0870. The monoisotopic (exact) mass is 389 g/mol. The normalized spacial score (nSPS) is 11.5. The van der Waals surface area contributed by atoms with E-state index >= 15 is 0 Å². The molecule has 0 aliphatic heterocycles. The average molecular weight is 389 g/mol. The standard InChI is InChI=1S/C23H19NO3S/c1-17-11-13-18(14-12-17)16-28(25,26)27-23-15-22(19-7-3-2-4-8-19)24-21-10-6-5-9-20(21)23/h2-15H,16H2,1H3. The van der Waals surface area contributed by atoms with Crippen molar-refractivity contribution in [3.63, 3.8) is 0 Å². The van der Waals surface area contributed by atoms with Gasteiger partial charge in [0.2, 0.25) is 0 Å². The Bertz CT molecular complexity index is 1220. The van der Waals surface area contributed by atoms with Gasteiger partial charge in [0, 0.05) is 17.0 Å². The molecule has 0 bridgehead atoms. The van der Waals surface area contributed by atoms with Gasteiger partial charge in [-0.2, -0.15) is 8.42 Å². The van der Waals surface area contributed by atoms with E-state index in [0.717, 1.165) is 11.1 Å². The molecule has 140 valence electrons. The van der Waals surface area contributed by atoms with Gasteiger partial charge in [-0.15, -0.1) is 0 Å². The van der Waals surface area contributed by atoms with Crippen molar-refractivity contribution < 1.29 is 12.6 Å². The molecule has 0 unspecified atom stereocenters. The lowest BCUT2D eigenvalue weighted by molar-refractivity contribution is 0.487. The van der Waals surface area contributed by atoms with Crippen molar-refractivity contribution in [3.8, 4) is 17.0 Å². The fourth-order valence-corrected chi connectivity index (χ4v) is 4.09. The van der Waals surface area contributed by atoms with Gasteiger partial charge in [0.05, 0.1) is 11.2 Å². The first-order chi connectivity index (χ1) is 13.5. The molecular weight excluding hydrogens is 370 g/mol. The van der Waals surface area contributed by atoms with Crippen molar-refractivity contribution >= 4 is 21.0 Å². The highest BCUT2D eigenvalue weighted by Gasteiger charge is 2.17. The van der Waals surface area contributed by atoms with Crippen molar-refractivity contribution in [1.82, 2.24) is 4.98 Å². The van der Waals surface area contributed by atoms with E-state index in [1.54, 1.807) is 18.2 Å². The summed E-state index contributed by atoms with van der Waals surface area (Å²) in [6.45, 7) is 1.96. The number of aromatic nitrogens is 1. The van der Waals surface area contributed by atoms with Crippen LogP contribution in [-0.2, 0) is 15.9 Å². The Kier molecular flexibility index (Phi) is 4.84. The molecule has 0 saturated carbocycles. The maximum Gasteiger partial charge on any atom is 0.313 e. The van der Waals surface area contributed by atoms with E-state index in [-0.39, 0.29) is 11.5 Å². The highest BCUT2D eigenvalue weighted by molar-refractivity contribution is 7.86. The zero-order valence-electron chi connectivity index (χ0n) is 15.4. The minimum Gasteiger partial charge on any atom is -0.381 e. The molecule has 0 fully saturated rings. The minimum atomic E-state index is -3.82. The second kappa shape index (κ2) is 7.44. The van der Waals surface area contributed by atoms with E-state index in [1.807, 2.05) is 73.7 Å². The van der Waals surface area contributed by atoms with Crippen LogP contribution in [0, 0.1) is 6.92 Å². The van der Waals surface area contributed by atoms with Crippen LogP contribution in [0.3, 0.4) is 0 Å². The quantitative estimate of drug-likeness (QED) is 0.445. The van der Waals surface area contributed by atoms with Crippen molar-refractivity contribution in [3.05, 3.63) is 96.1 Å². The lowest BCUT2D eigenvalue weighted by Gasteiger charge is -2.12. The average Bonchev–Trinajstić information content (AvgIpc) is 2.70. The summed E-state index contributed by atoms with van der Waals surface area (Å²) in [5, 5.41) is 0.662. The van der Waals surface area contributed by atoms with Gasteiger partial charge >= 0.3 is 10.1 Å². The Morgan fingerprint density at radius 3 is 2.29 bits per heavy atom. The lowest BCUT2D eigenvalue weighted by Crippen LogP contribution is -2.12. The number of hydrogen-bond donors (Lipinski definition) is 0. The number of hydrogen-bond acceptors (Lipinski definition) is 4. The summed E-state index contributed by atoms with van der Waals surface area (Å²) >= 11 is 0. The lowest BCUT2D eigenvalue weighted by atomic mass is 10.1. The third-order valence-electron chi connectivity index (χ3n) is 4.43. The number of aryl methyl sites for hydroxylation is 1. The Labute approximate surface area is 164 Å². The van der Waals surface area contributed by atoms with Crippen LogP contribution < -0.4 is 4.18 Å². The third-order valence-corrected chi connectivity index (χ3v) is 5.55. The predicted octanol–water partition coefficient (Wildman–Crippen LogP) is 5.12. The van der Waals surface area contributed by atoms with Crippen molar-refractivity contribution in [1.29, 1.82) is 0 Å². The largest absolute Gasteiger partial charge is 0.381 e. The highest BCUT2D eigenvalue weighted by atomic mass is 32.2. The molecule has 0 aliphatic rings. The maximum atomic E-state index is 12.7. The molecule has 4 rings (SSSR count). The SMILES string of the molecule is Cc1ccc(CS(=O)(=O)Oc2cc(-c3ccccc3)nc3ccccc23)cc1. The van der Waals surface area contributed by atoms with Gasteiger partial charge in [0.25, 0.3) is 0 Å². The molecule has 0 spiro atoms. The molecule has 4 aromatic rings. The van der Waals surface area contributed by atoms with Crippen molar-refractivity contribution in [2.75, 3.05) is 0 Å². The van der Waals surface area contributed by atoms with E-state index in [9.17, 15) is 8.42 Å².